The van der Waals surface area contributed by atoms with E-state index in [1.807, 2.05) is 0 Å². The van der Waals surface area contributed by atoms with Gasteiger partial charge >= 0.3 is 0 Å². The fourth-order valence-corrected chi connectivity index (χ4v) is 1.59. The predicted octanol–water partition coefficient (Wildman–Crippen LogP) is 2.22. The minimum absolute atomic E-state index is 0.0586. The first kappa shape index (κ1) is 11.1. The first-order valence-corrected chi connectivity index (χ1v) is 5.13. The second-order valence-electron chi connectivity index (χ2n) is 3.44. The summed E-state index contributed by atoms with van der Waals surface area (Å²) in [6, 6.07) is 4.21. The highest BCUT2D eigenvalue weighted by Gasteiger charge is 2.04. The number of rotatable bonds is 3. The zero-order valence-corrected chi connectivity index (χ0v) is 9.15. The molecule has 2 aromatic rings. The summed E-state index contributed by atoms with van der Waals surface area (Å²) in [5, 5.41) is 13.4. The Morgan fingerprint density at radius 1 is 1.44 bits per heavy atom. The smallest absolute Gasteiger partial charge is 0.123 e. The number of benzene rings is 1. The molecule has 0 amide bonds. The van der Waals surface area contributed by atoms with Gasteiger partial charge in [-0.15, -0.1) is 0 Å². The molecule has 0 fully saturated rings. The Labute approximate surface area is 97.1 Å². The second kappa shape index (κ2) is 4.63. The molecule has 2 rings (SSSR count). The van der Waals surface area contributed by atoms with Crippen LogP contribution in [0.2, 0.25) is 5.02 Å². The lowest BCUT2D eigenvalue weighted by atomic mass is 10.2. The number of halogens is 2. The zero-order chi connectivity index (χ0) is 11.5. The molecule has 0 saturated heterocycles. The highest BCUT2D eigenvalue weighted by molar-refractivity contribution is 6.31. The van der Waals surface area contributed by atoms with Crippen molar-refractivity contribution in [2.75, 3.05) is 0 Å². The molecule has 0 bridgehead atoms. The maximum atomic E-state index is 13.0. The molecule has 16 heavy (non-hydrogen) atoms. The molecule has 3 nitrogen and oxygen atoms in total. The molecule has 1 heterocycles. The minimum Gasteiger partial charge on any atom is -0.392 e. The van der Waals surface area contributed by atoms with Crippen molar-refractivity contribution >= 4 is 11.6 Å². The molecule has 1 aromatic carbocycles. The van der Waals surface area contributed by atoms with Gasteiger partial charge in [0.2, 0.25) is 0 Å². The number of nitrogens with zero attached hydrogens (tertiary/aromatic N) is 2. The van der Waals surface area contributed by atoms with Crippen LogP contribution in [-0.4, -0.2) is 14.9 Å². The zero-order valence-electron chi connectivity index (χ0n) is 8.40. The fraction of sp³-hybridized carbons (Fsp3) is 0.182. The molecule has 1 aromatic heterocycles. The second-order valence-corrected chi connectivity index (χ2v) is 3.85. The molecular weight excluding hydrogens is 231 g/mol. The minimum atomic E-state index is -0.325. The van der Waals surface area contributed by atoms with Crippen LogP contribution in [0.15, 0.2) is 30.6 Å². The average molecular weight is 241 g/mol. The first-order valence-electron chi connectivity index (χ1n) is 4.75. The lowest BCUT2D eigenvalue weighted by molar-refractivity contribution is 0.281. The summed E-state index contributed by atoms with van der Waals surface area (Å²) >= 11 is 5.93. The SMILES string of the molecule is OCc1cnn(Cc2cc(F)ccc2Cl)c1. The third kappa shape index (κ3) is 2.40. The average Bonchev–Trinajstić information content (AvgIpc) is 2.71. The Hall–Kier alpha value is -1.39. The van der Waals surface area contributed by atoms with Gasteiger partial charge in [-0.3, -0.25) is 4.68 Å². The molecule has 0 spiro atoms. The highest BCUT2D eigenvalue weighted by atomic mass is 35.5. The topological polar surface area (TPSA) is 38.1 Å². The van der Waals surface area contributed by atoms with Crippen LogP contribution in [0.4, 0.5) is 4.39 Å². The van der Waals surface area contributed by atoms with Crippen LogP contribution >= 0.6 is 11.6 Å². The molecule has 0 atom stereocenters. The summed E-state index contributed by atoms with van der Waals surface area (Å²) < 4.78 is 14.6. The number of aliphatic hydroxyl groups excluding tert-OH is 1. The molecule has 0 aliphatic rings. The number of hydrogen-bond acceptors (Lipinski definition) is 2. The summed E-state index contributed by atoms with van der Waals surface area (Å²) in [4.78, 5) is 0. The lowest BCUT2D eigenvalue weighted by Crippen LogP contribution is -2.01. The van der Waals surface area contributed by atoms with Gasteiger partial charge in [-0.1, -0.05) is 11.6 Å². The van der Waals surface area contributed by atoms with Crippen molar-refractivity contribution in [2.45, 2.75) is 13.2 Å². The quantitative estimate of drug-likeness (QED) is 0.893. The van der Waals surface area contributed by atoms with Crippen LogP contribution in [-0.2, 0) is 13.2 Å². The van der Waals surface area contributed by atoms with E-state index in [1.54, 1.807) is 17.1 Å². The molecule has 0 aliphatic heterocycles. The summed E-state index contributed by atoms with van der Waals surface area (Å²) in [5.41, 5.74) is 1.38. The van der Waals surface area contributed by atoms with E-state index in [1.165, 1.54) is 18.2 Å². The third-order valence-electron chi connectivity index (χ3n) is 2.21. The van der Waals surface area contributed by atoms with E-state index in [4.69, 9.17) is 16.7 Å². The Balaban J connectivity index is 2.22. The van der Waals surface area contributed by atoms with Gasteiger partial charge in [-0.2, -0.15) is 5.10 Å². The van der Waals surface area contributed by atoms with E-state index in [9.17, 15) is 4.39 Å². The van der Waals surface area contributed by atoms with E-state index >= 15 is 0 Å². The van der Waals surface area contributed by atoms with Gasteiger partial charge in [0.05, 0.1) is 19.3 Å². The number of aliphatic hydroxyl groups is 1. The molecular formula is C11H10ClFN2O. The summed E-state index contributed by atoms with van der Waals surface area (Å²) in [7, 11) is 0. The predicted molar refractivity (Wildman–Crippen MR) is 58.7 cm³/mol. The van der Waals surface area contributed by atoms with Gasteiger partial charge in [-0.05, 0) is 23.8 Å². The van der Waals surface area contributed by atoms with Gasteiger partial charge < -0.3 is 5.11 Å². The van der Waals surface area contributed by atoms with Crippen molar-refractivity contribution in [1.29, 1.82) is 0 Å². The number of hydrogen-bond donors (Lipinski definition) is 1. The fourth-order valence-electron chi connectivity index (χ4n) is 1.41. The maximum absolute atomic E-state index is 13.0. The summed E-state index contributed by atoms with van der Waals surface area (Å²) in [6.45, 7) is 0.327. The molecule has 84 valence electrons. The Kier molecular flexibility index (Phi) is 3.22. The van der Waals surface area contributed by atoms with Gasteiger partial charge in [0.25, 0.3) is 0 Å². The molecule has 0 saturated carbocycles. The van der Waals surface area contributed by atoms with Crippen LogP contribution in [0.25, 0.3) is 0 Å². The van der Waals surface area contributed by atoms with Gasteiger partial charge in [0.1, 0.15) is 5.82 Å². The van der Waals surface area contributed by atoms with E-state index < -0.39 is 0 Å². The Bertz CT molecular complexity index is 498. The van der Waals surface area contributed by atoms with Crippen molar-refractivity contribution in [3.05, 3.63) is 52.6 Å². The summed E-state index contributed by atoms with van der Waals surface area (Å²) in [6.07, 6.45) is 3.26. The van der Waals surface area contributed by atoms with Crippen molar-refractivity contribution in [2.24, 2.45) is 0 Å². The van der Waals surface area contributed by atoms with Crippen molar-refractivity contribution in [3.8, 4) is 0 Å². The highest BCUT2D eigenvalue weighted by Crippen LogP contribution is 2.18. The molecule has 0 unspecified atom stereocenters. The molecule has 1 N–H and O–H groups in total. The maximum Gasteiger partial charge on any atom is 0.123 e. The Morgan fingerprint density at radius 2 is 2.25 bits per heavy atom. The van der Waals surface area contributed by atoms with Crippen LogP contribution in [0.5, 0.6) is 0 Å². The standard InChI is InChI=1S/C11H10ClFN2O/c12-11-2-1-10(13)3-9(11)6-15-5-8(7-16)4-14-15/h1-5,16H,6-7H2. The Morgan fingerprint density at radius 3 is 2.94 bits per heavy atom. The van der Waals surface area contributed by atoms with Crippen molar-refractivity contribution in [1.82, 2.24) is 9.78 Å². The first-order chi connectivity index (χ1) is 7.69. The third-order valence-corrected chi connectivity index (χ3v) is 2.58. The van der Waals surface area contributed by atoms with E-state index in [2.05, 4.69) is 5.10 Å². The van der Waals surface area contributed by atoms with E-state index in [-0.39, 0.29) is 12.4 Å². The van der Waals surface area contributed by atoms with E-state index in [0.29, 0.717) is 22.7 Å². The van der Waals surface area contributed by atoms with Crippen LogP contribution in [0.1, 0.15) is 11.1 Å². The van der Waals surface area contributed by atoms with Gasteiger partial charge in [-0.25, -0.2) is 4.39 Å². The molecule has 0 aliphatic carbocycles. The molecule has 5 heteroatoms. The van der Waals surface area contributed by atoms with Gasteiger partial charge in [0, 0.05) is 16.8 Å². The van der Waals surface area contributed by atoms with Crippen LogP contribution < -0.4 is 0 Å². The number of aromatic nitrogens is 2. The normalized spacial score (nSPS) is 10.7. The monoisotopic (exact) mass is 240 g/mol. The van der Waals surface area contributed by atoms with Crippen molar-refractivity contribution in [3.63, 3.8) is 0 Å². The van der Waals surface area contributed by atoms with Crippen molar-refractivity contribution < 1.29 is 9.50 Å². The molecule has 0 radical (unpaired) electrons. The summed E-state index contributed by atoms with van der Waals surface area (Å²) in [5.74, 6) is -0.325. The van der Waals surface area contributed by atoms with E-state index in [0.717, 1.165) is 0 Å². The van der Waals surface area contributed by atoms with Crippen LogP contribution in [0.3, 0.4) is 0 Å². The van der Waals surface area contributed by atoms with Crippen LogP contribution in [0, 0.1) is 5.82 Å². The lowest BCUT2D eigenvalue weighted by Gasteiger charge is -2.04. The van der Waals surface area contributed by atoms with Gasteiger partial charge in [0.15, 0.2) is 0 Å². The largest absolute Gasteiger partial charge is 0.392 e.